The molecule has 21 heavy (non-hydrogen) atoms. The van der Waals surface area contributed by atoms with E-state index in [0.29, 0.717) is 11.4 Å². The normalized spacial score (nSPS) is 14.6. The molecule has 1 aromatic rings. The van der Waals surface area contributed by atoms with Gasteiger partial charge in [0.1, 0.15) is 5.82 Å². The molecule has 0 amide bonds. The number of hydrogen-bond donors (Lipinski definition) is 2. The fourth-order valence-corrected chi connectivity index (χ4v) is 2.67. The lowest BCUT2D eigenvalue weighted by Gasteiger charge is -2.14. The first kappa shape index (κ1) is 15.5. The number of nitrogens with one attached hydrogen (secondary N) is 1. The number of aromatic carboxylic acids is 1. The van der Waals surface area contributed by atoms with Crippen LogP contribution in [0.4, 0.5) is 5.82 Å². The number of anilines is 1. The van der Waals surface area contributed by atoms with Crippen molar-refractivity contribution in [2.75, 3.05) is 11.9 Å². The first-order valence-electron chi connectivity index (χ1n) is 7.85. The van der Waals surface area contributed by atoms with Crippen LogP contribution in [0.5, 0.6) is 0 Å². The van der Waals surface area contributed by atoms with Crippen molar-refractivity contribution in [3.8, 4) is 0 Å². The largest absolute Gasteiger partial charge is 0.478 e. The van der Waals surface area contributed by atoms with Gasteiger partial charge in [-0.05, 0) is 50.7 Å². The molecule has 4 nitrogen and oxygen atoms in total. The summed E-state index contributed by atoms with van der Waals surface area (Å²) in [7, 11) is 0. The highest BCUT2D eigenvalue weighted by atomic mass is 16.4. The summed E-state index contributed by atoms with van der Waals surface area (Å²) >= 11 is 0. The van der Waals surface area contributed by atoms with E-state index in [4.69, 9.17) is 5.11 Å². The number of nitrogens with zero attached hydrogens (tertiary/aromatic N) is 1. The van der Waals surface area contributed by atoms with Crippen molar-refractivity contribution in [3.05, 3.63) is 35.0 Å². The number of carboxylic acids is 1. The third-order valence-electron chi connectivity index (χ3n) is 3.77. The fourth-order valence-electron chi connectivity index (χ4n) is 2.67. The van der Waals surface area contributed by atoms with Crippen LogP contribution in [0.25, 0.3) is 0 Å². The molecule has 1 aromatic heterocycles. The zero-order valence-electron chi connectivity index (χ0n) is 12.7. The minimum Gasteiger partial charge on any atom is -0.478 e. The Bertz CT molecular complexity index is 524. The van der Waals surface area contributed by atoms with E-state index in [1.165, 1.54) is 31.3 Å². The van der Waals surface area contributed by atoms with Crippen molar-refractivity contribution in [1.82, 2.24) is 4.98 Å². The lowest BCUT2D eigenvalue weighted by Crippen LogP contribution is -2.09. The molecule has 0 saturated heterocycles. The van der Waals surface area contributed by atoms with Crippen molar-refractivity contribution in [3.63, 3.8) is 0 Å². The maximum atomic E-state index is 11.2. The number of aromatic nitrogens is 1. The minimum absolute atomic E-state index is 0.313. The van der Waals surface area contributed by atoms with Crippen molar-refractivity contribution < 1.29 is 9.90 Å². The number of carbonyl (C=O) groups is 1. The molecule has 1 heterocycles. The van der Waals surface area contributed by atoms with Gasteiger partial charge in [0.25, 0.3) is 0 Å². The molecule has 1 aliphatic rings. The number of pyridine rings is 1. The van der Waals surface area contributed by atoms with Crippen LogP contribution < -0.4 is 5.32 Å². The van der Waals surface area contributed by atoms with Gasteiger partial charge >= 0.3 is 5.97 Å². The van der Waals surface area contributed by atoms with Crippen LogP contribution in [0.2, 0.25) is 0 Å². The van der Waals surface area contributed by atoms with E-state index in [0.717, 1.165) is 31.5 Å². The Balaban J connectivity index is 1.97. The van der Waals surface area contributed by atoms with E-state index in [1.54, 1.807) is 12.1 Å². The average molecular weight is 288 g/mol. The van der Waals surface area contributed by atoms with Gasteiger partial charge in [0.05, 0.1) is 5.56 Å². The third-order valence-corrected chi connectivity index (χ3v) is 3.77. The monoisotopic (exact) mass is 288 g/mol. The molecule has 0 bridgehead atoms. The second-order valence-corrected chi connectivity index (χ2v) is 5.57. The number of rotatable bonds is 7. The van der Waals surface area contributed by atoms with E-state index in [9.17, 15) is 4.79 Å². The Kier molecular flexibility index (Phi) is 5.78. The summed E-state index contributed by atoms with van der Waals surface area (Å²) in [6.07, 6.45) is 10.1. The van der Waals surface area contributed by atoms with Crippen LogP contribution in [0.1, 0.15) is 61.5 Å². The summed E-state index contributed by atoms with van der Waals surface area (Å²) in [5.74, 6) is -0.220. The molecular formula is C17H24N2O2. The van der Waals surface area contributed by atoms with E-state index >= 15 is 0 Å². The van der Waals surface area contributed by atoms with Gasteiger partial charge in [-0.25, -0.2) is 9.78 Å². The van der Waals surface area contributed by atoms with Gasteiger partial charge in [0.15, 0.2) is 0 Å². The van der Waals surface area contributed by atoms with Gasteiger partial charge in [0.2, 0.25) is 0 Å². The Hall–Kier alpha value is -1.84. The minimum atomic E-state index is -0.896. The van der Waals surface area contributed by atoms with Gasteiger partial charge in [-0.2, -0.15) is 0 Å². The molecule has 0 saturated carbocycles. The molecule has 0 radical (unpaired) electrons. The highest BCUT2D eigenvalue weighted by molar-refractivity contribution is 5.88. The number of aryl methyl sites for hydroxylation is 1. The molecule has 0 aliphatic heterocycles. The van der Waals surface area contributed by atoms with Gasteiger partial charge in [0, 0.05) is 12.2 Å². The predicted molar refractivity (Wildman–Crippen MR) is 84.8 cm³/mol. The summed E-state index contributed by atoms with van der Waals surface area (Å²) in [5.41, 5.74) is 2.67. The smallest absolute Gasteiger partial charge is 0.335 e. The summed E-state index contributed by atoms with van der Waals surface area (Å²) in [6, 6.07) is 3.29. The van der Waals surface area contributed by atoms with E-state index in [1.807, 2.05) is 0 Å². The van der Waals surface area contributed by atoms with Crippen LogP contribution in [0.15, 0.2) is 23.8 Å². The number of allylic oxidation sites excluding steroid dienone is 1. The zero-order valence-corrected chi connectivity index (χ0v) is 12.7. The molecule has 0 aromatic carbocycles. The maximum Gasteiger partial charge on any atom is 0.335 e. The Morgan fingerprint density at radius 3 is 2.86 bits per heavy atom. The first-order valence-corrected chi connectivity index (χ1v) is 7.85. The molecule has 0 spiro atoms. The van der Waals surface area contributed by atoms with Crippen molar-refractivity contribution in [2.45, 2.75) is 51.9 Å². The van der Waals surface area contributed by atoms with Crippen LogP contribution in [-0.4, -0.2) is 22.6 Å². The summed E-state index contributed by atoms with van der Waals surface area (Å²) < 4.78 is 0. The van der Waals surface area contributed by atoms with Crippen LogP contribution in [-0.2, 0) is 6.42 Å². The van der Waals surface area contributed by atoms with Crippen molar-refractivity contribution in [1.29, 1.82) is 0 Å². The molecule has 4 heteroatoms. The predicted octanol–water partition coefficient (Wildman–Crippen LogP) is 4.03. The lowest BCUT2D eigenvalue weighted by atomic mass is 9.97. The third kappa shape index (κ3) is 4.88. The second-order valence-electron chi connectivity index (χ2n) is 5.57. The standard InChI is InChI=1S/C17H24N2O2/c1-2-6-15-11-14(17(20)21)12-16(19-15)18-10-9-13-7-4-3-5-8-13/h7,11-12H,2-6,8-10H2,1H3,(H,18,19)(H,20,21). The Labute approximate surface area is 126 Å². The maximum absolute atomic E-state index is 11.2. The summed E-state index contributed by atoms with van der Waals surface area (Å²) in [6.45, 7) is 2.88. The van der Waals surface area contributed by atoms with Gasteiger partial charge < -0.3 is 10.4 Å². The number of hydrogen-bond acceptors (Lipinski definition) is 3. The Morgan fingerprint density at radius 2 is 2.19 bits per heavy atom. The molecular weight excluding hydrogens is 264 g/mol. The fraction of sp³-hybridized carbons (Fsp3) is 0.529. The zero-order chi connectivity index (χ0) is 15.1. The molecule has 0 atom stereocenters. The molecule has 2 rings (SSSR count). The quantitative estimate of drug-likeness (QED) is 0.743. The molecule has 0 unspecified atom stereocenters. The van der Waals surface area contributed by atoms with Gasteiger partial charge in [-0.15, -0.1) is 0 Å². The Morgan fingerprint density at radius 1 is 1.33 bits per heavy atom. The van der Waals surface area contributed by atoms with Crippen molar-refractivity contribution in [2.24, 2.45) is 0 Å². The lowest BCUT2D eigenvalue weighted by molar-refractivity contribution is 0.0696. The van der Waals surface area contributed by atoms with Crippen molar-refractivity contribution >= 4 is 11.8 Å². The van der Waals surface area contributed by atoms with Gasteiger partial charge in [-0.3, -0.25) is 0 Å². The molecule has 2 N–H and O–H groups in total. The van der Waals surface area contributed by atoms with Crippen LogP contribution >= 0.6 is 0 Å². The second kappa shape index (κ2) is 7.81. The summed E-state index contributed by atoms with van der Waals surface area (Å²) in [4.78, 5) is 15.7. The van der Waals surface area contributed by atoms with Gasteiger partial charge in [-0.1, -0.05) is 25.0 Å². The highest BCUT2D eigenvalue weighted by Crippen LogP contribution is 2.20. The highest BCUT2D eigenvalue weighted by Gasteiger charge is 2.09. The molecule has 0 fully saturated rings. The van der Waals surface area contributed by atoms with Crippen LogP contribution in [0, 0.1) is 0 Å². The van der Waals surface area contributed by atoms with Crippen LogP contribution in [0.3, 0.4) is 0 Å². The SMILES string of the molecule is CCCc1cc(C(=O)O)cc(NCCC2=CCCCC2)n1. The van der Waals surface area contributed by atoms with E-state index in [-0.39, 0.29) is 0 Å². The average Bonchev–Trinajstić information content (AvgIpc) is 2.48. The molecule has 1 aliphatic carbocycles. The first-order chi connectivity index (χ1) is 10.2. The van der Waals surface area contributed by atoms with E-state index in [2.05, 4.69) is 23.3 Å². The topological polar surface area (TPSA) is 62.2 Å². The molecule has 114 valence electrons. The summed E-state index contributed by atoms with van der Waals surface area (Å²) in [5, 5.41) is 12.4. The number of carboxylic acid groups (broad SMARTS) is 1. The van der Waals surface area contributed by atoms with E-state index < -0.39 is 5.97 Å².